The van der Waals surface area contributed by atoms with E-state index in [9.17, 15) is 0 Å². The summed E-state index contributed by atoms with van der Waals surface area (Å²) in [7, 11) is 1.67. The number of nitrogens with zero attached hydrogens (tertiary/aromatic N) is 3. The second-order valence-corrected chi connectivity index (χ2v) is 6.02. The van der Waals surface area contributed by atoms with Gasteiger partial charge in [-0.1, -0.05) is 12.1 Å². The Morgan fingerprint density at radius 1 is 1.12 bits per heavy atom. The van der Waals surface area contributed by atoms with Crippen molar-refractivity contribution in [2.24, 2.45) is 0 Å². The van der Waals surface area contributed by atoms with Gasteiger partial charge in [0.15, 0.2) is 11.5 Å². The zero-order chi connectivity index (χ0) is 17.9. The first-order valence-electron chi connectivity index (χ1n) is 8.96. The average molecular weight is 347 g/mol. The van der Waals surface area contributed by atoms with Gasteiger partial charge < -0.3 is 14.2 Å². The van der Waals surface area contributed by atoms with E-state index in [1.165, 1.54) is 0 Å². The van der Waals surface area contributed by atoms with E-state index in [1.54, 1.807) is 7.11 Å². The molecule has 1 heterocycles. The standard InChI is InChI=1S/C19H29N3O3/c1-3-24-14-15-25-19-17(6-4-7-18(19)23-2)16-22-12-10-21(11-13-22)9-5-8-20/h4,6-7H,3,5,9-16H2,1-2H3. The highest BCUT2D eigenvalue weighted by atomic mass is 16.5. The van der Waals surface area contributed by atoms with Gasteiger partial charge >= 0.3 is 0 Å². The van der Waals surface area contributed by atoms with Crippen LogP contribution in [0, 0.1) is 11.3 Å². The summed E-state index contributed by atoms with van der Waals surface area (Å²) in [6.45, 7) is 9.49. The summed E-state index contributed by atoms with van der Waals surface area (Å²) in [5.41, 5.74) is 1.14. The summed E-state index contributed by atoms with van der Waals surface area (Å²) in [6.07, 6.45) is 0.605. The number of ether oxygens (including phenoxy) is 3. The van der Waals surface area contributed by atoms with Crippen LogP contribution in [-0.2, 0) is 11.3 Å². The molecule has 0 aromatic heterocycles. The van der Waals surface area contributed by atoms with Crippen LogP contribution in [-0.4, -0.2) is 69.5 Å². The molecule has 0 unspecified atom stereocenters. The third-order valence-corrected chi connectivity index (χ3v) is 4.36. The van der Waals surface area contributed by atoms with Crippen molar-refractivity contribution < 1.29 is 14.2 Å². The number of hydrogen-bond donors (Lipinski definition) is 0. The number of rotatable bonds is 10. The Kier molecular flexibility index (Phi) is 8.53. The third kappa shape index (κ3) is 6.20. The van der Waals surface area contributed by atoms with E-state index in [1.807, 2.05) is 19.1 Å². The Labute approximate surface area is 150 Å². The molecule has 6 nitrogen and oxygen atoms in total. The summed E-state index contributed by atoms with van der Waals surface area (Å²) in [5.74, 6) is 1.58. The minimum Gasteiger partial charge on any atom is -0.493 e. The van der Waals surface area contributed by atoms with Crippen LogP contribution < -0.4 is 9.47 Å². The Morgan fingerprint density at radius 2 is 1.88 bits per heavy atom. The van der Waals surface area contributed by atoms with E-state index in [-0.39, 0.29) is 0 Å². The zero-order valence-electron chi connectivity index (χ0n) is 15.4. The molecule has 6 heteroatoms. The summed E-state index contributed by atoms with van der Waals surface area (Å²) < 4.78 is 16.8. The molecule has 0 atom stereocenters. The molecule has 0 amide bonds. The van der Waals surface area contributed by atoms with E-state index in [0.717, 1.165) is 56.3 Å². The van der Waals surface area contributed by atoms with Crippen LogP contribution in [0.25, 0.3) is 0 Å². The molecule has 138 valence electrons. The fourth-order valence-electron chi connectivity index (χ4n) is 2.98. The molecular weight excluding hydrogens is 318 g/mol. The molecule has 0 N–H and O–H groups in total. The van der Waals surface area contributed by atoms with Crippen LogP contribution >= 0.6 is 0 Å². The van der Waals surface area contributed by atoms with Crippen LogP contribution in [0.15, 0.2) is 18.2 Å². The number of nitriles is 1. The summed E-state index contributed by atoms with van der Waals surface area (Å²) in [6, 6.07) is 8.25. The molecule has 25 heavy (non-hydrogen) atoms. The molecule has 1 saturated heterocycles. The fourth-order valence-corrected chi connectivity index (χ4v) is 2.98. The molecule has 1 fully saturated rings. The van der Waals surface area contributed by atoms with Gasteiger partial charge in [-0.2, -0.15) is 5.26 Å². The maximum Gasteiger partial charge on any atom is 0.165 e. The number of methoxy groups -OCH3 is 1. The molecule has 0 radical (unpaired) electrons. The summed E-state index contributed by atoms with van der Waals surface area (Å²) in [4.78, 5) is 4.78. The highest BCUT2D eigenvalue weighted by Crippen LogP contribution is 2.32. The van der Waals surface area contributed by atoms with Gasteiger partial charge in [0, 0.05) is 57.9 Å². The Hall–Kier alpha value is -1.81. The number of benzene rings is 1. The van der Waals surface area contributed by atoms with Gasteiger partial charge in [0.25, 0.3) is 0 Å². The predicted octanol–water partition coefficient (Wildman–Crippen LogP) is 2.14. The monoisotopic (exact) mass is 347 g/mol. The molecule has 0 aliphatic carbocycles. The summed E-state index contributed by atoms with van der Waals surface area (Å²) >= 11 is 0. The van der Waals surface area contributed by atoms with Gasteiger partial charge in [-0.05, 0) is 13.0 Å². The molecular formula is C19H29N3O3. The van der Waals surface area contributed by atoms with Crippen LogP contribution in [0.4, 0.5) is 0 Å². The molecule has 0 spiro atoms. The van der Waals surface area contributed by atoms with Crippen LogP contribution in [0.1, 0.15) is 18.9 Å². The largest absolute Gasteiger partial charge is 0.493 e. The van der Waals surface area contributed by atoms with Gasteiger partial charge in [-0.3, -0.25) is 9.80 Å². The average Bonchev–Trinajstić information content (AvgIpc) is 2.65. The SMILES string of the molecule is CCOCCOc1c(CN2CCN(CCC#N)CC2)cccc1OC. The van der Waals surface area contributed by atoms with Crippen molar-refractivity contribution in [3.8, 4) is 17.6 Å². The molecule has 1 aromatic rings. The lowest BCUT2D eigenvalue weighted by molar-refractivity contribution is 0.106. The number of piperazine rings is 1. The van der Waals surface area contributed by atoms with Crippen molar-refractivity contribution >= 4 is 0 Å². The first kappa shape index (κ1) is 19.5. The van der Waals surface area contributed by atoms with Gasteiger partial charge in [0.05, 0.1) is 19.8 Å². The minimum absolute atomic E-state index is 0.517. The molecule has 1 aromatic carbocycles. The van der Waals surface area contributed by atoms with Crippen molar-refractivity contribution in [3.05, 3.63) is 23.8 Å². The van der Waals surface area contributed by atoms with E-state index >= 15 is 0 Å². The molecule has 1 aliphatic rings. The first-order valence-corrected chi connectivity index (χ1v) is 8.96. The van der Waals surface area contributed by atoms with Crippen molar-refractivity contribution in [3.63, 3.8) is 0 Å². The second kappa shape index (κ2) is 10.9. The maximum absolute atomic E-state index is 8.71. The third-order valence-electron chi connectivity index (χ3n) is 4.36. The summed E-state index contributed by atoms with van der Waals surface area (Å²) in [5, 5.41) is 8.71. The minimum atomic E-state index is 0.517. The van der Waals surface area contributed by atoms with E-state index in [0.29, 0.717) is 26.2 Å². The molecule has 0 bridgehead atoms. The lowest BCUT2D eigenvalue weighted by Crippen LogP contribution is -2.46. The van der Waals surface area contributed by atoms with Crippen molar-refractivity contribution in [1.29, 1.82) is 5.26 Å². The maximum atomic E-state index is 8.71. The van der Waals surface area contributed by atoms with Crippen molar-refractivity contribution in [2.75, 3.05) is 59.7 Å². The Balaban J connectivity index is 1.93. The lowest BCUT2D eigenvalue weighted by atomic mass is 10.1. The predicted molar refractivity (Wildman–Crippen MR) is 96.9 cm³/mol. The number of hydrogen-bond acceptors (Lipinski definition) is 6. The van der Waals surface area contributed by atoms with E-state index in [2.05, 4.69) is 21.9 Å². The highest BCUT2D eigenvalue weighted by Gasteiger charge is 2.19. The Bertz CT molecular complexity index is 551. The van der Waals surface area contributed by atoms with Gasteiger partial charge in [-0.25, -0.2) is 0 Å². The molecule has 0 saturated carbocycles. The van der Waals surface area contributed by atoms with Gasteiger partial charge in [-0.15, -0.1) is 0 Å². The van der Waals surface area contributed by atoms with Crippen LogP contribution in [0.3, 0.4) is 0 Å². The first-order chi connectivity index (χ1) is 12.3. The van der Waals surface area contributed by atoms with Gasteiger partial charge in [0.1, 0.15) is 6.61 Å². The lowest BCUT2D eigenvalue weighted by Gasteiger charge is -2.34. The Morgan fingerprint density at radius 3 is 2.56 bits per heavy atom. The van der Waals surface area contributed by atoms with E-state index in [4.69, 9.17) is 19.5 Å². The van der Waals surface area contributed by atoms with Gasteiger partial charge in [0.2, 0.25) is 0 Å². The highest BCUT2D eigenvalue weighted by molar-refractivity contribution is 5.46. The topological polar surface area (TPSA) is 58.0 Å². The van der Waals surface area contributed by atoms with E-state index < -0.39 is 0 Å². The fraction of sp³-hybridized carbons (Fsp3) is 0.632. The van der Waals surface area contributed by atoms with Crippen molar-refractivity contribution in [1.82, 2.24) is 9.80 Å². The van der Waals surface area contributed by atoms with Crippen molar-refractivity contribution in [2.45, 2.75) is 19.9 Å². The van der Waals surface area contributed by atoms with Crippen LogP contribution in [0.2, 0.25) is 0 Å². The smallest absolute Gasteiger partial charge is 0.165 e. The zero-order valence-corrected chi connectivity index (χ0v) is 15.4. The molecule has 2 rings (SSSR count). The molecule has 1 aliphatic heterocycles. The quantitative estimate of drug-likeness (QED) is 0.605. The normalized spacial score (nSPS) is 15.7. The second-order valence-electron chi connectivity index (χ2n) is 6.02. The van der Waals surface area contributed by atoms with Crippen LogP contribution in [0.5, 0.6) is 11.5 Å². The number of para-hydroxylation sites is 1.